The van der Waals surface area contributed by atoms with Crippen LogP contribution in [0.1, 0.15) is 30.1 Å². The van der Waals surface area contributed by atoms with E-state index < -0.39 is 27.9 Å². The number of nitrogens with zero attached hydrogens (tertiary/aromatic N) is 4. The van der Waals surface area contributed by atoms with E-state index in [1.165, 1.54) is 52.6 Å². The van der Waals surface area contributed by atoms with Crippen LogP contribution in [0.5, 0.6) is 11.6 Å². The molecule has 1 aliphatic carbocycles. The zero-order valence-corrected chi connectivity index (χ0v) is 19.9. The van der Waals surface area contributed by atoms with Crippen molar-refractivity contribution in [3.8, 4) is 11.6 Å². The topological polar surface area (TPSA) is 115 Å². The largest absolute Gasteiger partial charge is 0.480 e. The lowest BCUT2D eigenvalue weighted by Crippen LogP contribution is -2.33. The Morgan fingerprint density at radius 1 is 1.33 bits per heavy atom. The second-order valence-electron chi connectivity index (χ2n) is 7.54. The minimum Gasteiger partial charge on any atom is -0.480 e. The molecule has 9 nitrogen and oxygen atoms in total. The van der Waals surface area contributed by atoms with Crippen LogP contribution in [-0.2, 0) is 27.8 Å². The summed E-state index contributed by atoms with van der Waals surface area (Å²) in [6.07, 6.45) is 4.67. The van der Waals surface area contributed by atoms with Crippen molar-refractivity contribution in [2.75, 3.05) is 7.05 Å². The molecule has 174 valence electrons. The molecule has 0 saturated heterocycles. The SMILES string of the molecule is CN(C1CCCc2c1cnn2CC(=O)O)S(=O)(=O)c1cnc(Oc2ccc(F)cc2)c(Br)c1. The molecule has 1 atom stereocenters. The van der Waals surface area contributed by atoms with E-state index in [1.807, 2.05) is 0 Å². The van der Waals surface area contributed by atoms with Gasteiger partial charge in [-0.2, -0.15) is 9.40 Å². The Labute approximate surface area is 198 Å². The van der Waals surface area contributed by atoms with Gasteiger partial charge in [-0.3, -0.25) is 9.48 Å². The van der Waals surface area contributed by atoms with Gasteiger partial charge < -0.3 is 9.84 Å². The first-order valence-electron chi connectivity index (χ1n) is 10.00. The molecule has 1 unspecified atom stereocenters. The Kier molecular flexibility index (Phi) is 6.50. The van der Waals surface area contributed by atoms with Gasteiger partial charge in [-0.15, -0.1) is 0 Å². The van der Waals surface area contributed by atoms with E-state index in [2.05, 4.69) is 26.0 Å². The summed E-state index contributed by atoms with van der Waals surface area (Å²) in [6.45, 7) is -0.273. The molecule has 0 bridgehead atoms. The van der Waals surface area contributed by atoms with Crippen molar-refractivity contribution < 1.29 is 27.4 Å². The van der Waals surface area contributed by atoms with Gasteiger partial charge >= 0.3 is 5.97 Å². The number of aliphatic carboxylic acids is 1. The fourth-order valence-corrected chi connectivity index (χ4v) is 5.73. The summed E-state index contributed by atoms with van der Waals surface area (Å²) in [5, 5.41) is 13.2. The van der Waals surface area contributed by atoms with E-state index in [4.69, 9.17) is 9.84 Å². The van der Waals surface area contributed by atoms with Crippen molar-refractivity contribution in [3.05, 3.63) is 64.3 Å². The number of hydrogen-bond donors (Lipinski definition) is 1. The highest BCUT2D eigenvalue weighted by molar-refractivity contribution is 9.10. The van der Waals surface area contributed by atoms with Gasteiger partial charge in [0.2, 0.25) is 15.9 Å². The van der Waals surface area contributed by atoms with E-state index >= 15 is 0 Å². The van der Waals surface area contributed by atoms with E-state index in [0.717, 1.165) is 5.69 Å². The number of hydrogen-bond acceptors (Lipinski definition) is 6. The van der Waals surface area contributed by atoms with Crippen LogP contribution in [0.2, 0.25) is 0 Å². The quantitative estimate of drug-likeness (QED) is 0.487. The molecule has 0 spiro atoms. The summed E-state index contributed by atoms with van der Waals surface area (Å²) < 4.78 is 48.4. The van der Waals surface area contributed by atoms with Crippen molar-refractivity contribution in [2.45, 2.75) is 36.7 Å². The minimum atomic E-state index is -3.93. The molecule has 3 aromatic rings. The van der Waals surface area contributed by atoms with Gasteiger partial charge in [0.1, 0.15) is 23.0 Å². The third kappa shape index (κ3) is 4.77. The normalized spacial score (nSPS) is 15.9. The van der Waals surface area contributed by atoms with Crippen LogP contribution in [0.3, 0.4) is 0 Å². The second-order valence-corrected chi connectivity index (χ2v) is 10.4. The highest BCUT2D eigenvalue weighted by Crippen LogP contribution is 2.37. The number of carboxylic acid groups (broad SMARTS) is 1. The van der Waals surface area contributed by atoms with Crippen LogP contribution in [0.15, 0.2) is 52.1 Å². The van der Waals surface area contributed by atoms with Crippen molar-refractivity contribution >= 4 is 31.9 Å². The maximum Gasteiger partial charge on any atom is 0.325 e. The Balaban J connectivity index is 1.58. The monoisotopic (exact) mass is 538 g/mol. The summed E-state index contributed by atoms with van der Waals surface area (Å²) in [4.78, 5) is 15.2. The predicted octanol–water partition coefficient (Wildman–Crippen LogP) is 3.75. The van der Waals surface area contributed by atoms with Crippen LogP contribution < -0.4 is 4.74 Å². The van der Waals surface area contributed by atoms with E-state index in [1.54, 1.807) is 6.20 Å². The summed E-state index contributed by atoms with van der Waals surface area (Å²) >= 11 is 3.30. The van der Waals surface area contributed by atoms with Gasteiger partial charge in [-0.05, 0) is 65.5 Å². The maximum absolute atomic E-state index is 13.3. The molecule has 0 saturated carbocycles. The summed E-state index contributed by atoms with van der Waals surface area (Å²) in [6, 6.07) is 6.28. The summed E-state index contributed by atoms with van der Waals surface area (Å²) in [5.74, 6) is -0.926. The Morgan fingerprint density at radius 2 is 2.06 bits per heavy atom. The molecule has 33 heavy (non-hydrogen) atoms. The highest BCUT2D eigenvalue weighted by atomic mass is 79.9. The summed E-state index contributed by atoms with van der Waals surface area (Å²) in [5.41, 5.74) is 1.44. The number of rotatable bonds is 7. The number of ether oxygens (including phenoxy) is 1. The van der Waals surface area contributed by atoms with Gasteiger partial charge in [0, 0.05) is 18.3 Å². The van der Waals surface area contributed by atoms with E-state index in [9.17, 15) is 17.6 Å². The van der Waals surface area contributed by atoms with Crippen LogP contribution in [-0.4, -0.2) is 45.6 Å². The molecule has 12 heteroatoms. The third-order valence-electron chi connectivity index (χ3n) is 5.44. The fourth-order valence-electron chi connectivity index (χ4n) is 3.81. The van der Waals surface area contributed by atoms with Gasteiger partial charge in [0.15, 0.2) is 0 Å². The predicted molar refractivity (Wildman–Crippen MR) is 119 cm³/mol. The lowest BCUT2D eigenvalue weighted by molar-refractivity contribution is -0.137. The Morgan fingerprint density at radius 3 is 2.73 bits per heavy atom. The molecule has 1 aliphatic rings. The van der Waals surface area contributed by atoms with Gasteiger partial charge in [0.05, 0.1) is 22.9 Å². The molecule has 2 heterocycles. The molecular formula is C21H20BrFN4O5S. The average Bonchev–Trinajstić information content (AvgIpc) is 3.18. The van der Waals surface area contributed by atoms with E-state index in [-0.39, 0.29) is 17.3 Å². The van der Waals surface area contributed by atoms with Crippen molar-refractivity contribution in [1.29, 1.82) is 0 Å². The molecule has 0 radical (unpaired) electrons. The first-order chi connectivity index (χ1) is 15.7. The standard InChI is InChI=1S/C21H20BrFN4O5S/c1-26(18-3-2-4-19-16(18)11-25-27(19)12-20(28)29)33(30,31)15-9-17(22)21(24-10-15)32-14-7-5-13(23)6-8-14/h5-11,18H,2-4,12H2,1H3,(H,28,29). The Bertz CT molecular complexity index is 1300. The lowest BCUT2D eigenvalue weighted by Gasteiger charge is -2.30. The van der Waals surface area contributed by atoms with Crippen molar-refractivity contribution in [3.63, 3.8) is 0 Å². The first-order valence-corrected chi connectivity index (χ1v) is 12.2. The molecule has 2 aromatic heterocycles. The van der Waals surface area contributed by atoms with Crippen molar-refractivity contribution in [2.24, 2.45) is 0 Å². The average molecular weight is 539 g/mol. The lowest BCUT2D eigenvalue weighted by atomic mass is 9.93. The third-order valence-corrected chi connectivity index (χ3v) is 7.84. The molecule has 1 aromatic carbocycles. The Hall–Kier alpha value is -2.83. The molecule has 4 rings (SSSR count). The van der Waals surface area contributed by atoms with Crippen LogP contribution >= 0.6 is 15.9 Å². The molecular weight excluding hydrogens is 519 g/mol. The number of sulfonamides is 1. The first kappa shape index (κ1) is 23.3. The molecule has 0 aliphatic heterocycles. The maximum atomic E-state index is 13.3. The van der Waals surface area contributed by atoms with Gasteiger partial charge in [0.25, 0.3) is 0 Å². The number of carbonyl (C=O) groups is 1. The zero-order valence-electron chi connectivity index (χ0n) is 17.5. The van der Waals surface area contributed by atoms with Gasteiger partial charge in [-0.1, -0.05) is 0 Å². The number of fused-ring (bicyclic) bond motifs is 1. The van der Waals surface area contributed by atoms with Crippen molar-refractivity contribution in [1.82, 2.24) is 19.1 Å². The van der Waals surface area contributed by atoms with Crippen LogP contribution in [0, 0.1) is 5.82 Å². The zero-order chi connectivity index (χ0) is 23.8. The number of pyridine rings is 1. The molecule has 0 fully saturated rings. The number of aromatic nitrogens is 3. The van der Waals surface area contributed by atoms with Crippen LogP contribution in [0.25, 0.3) is 0 Å². The van der Waals surface area contributed by atoms with E-state index in [0.29, 0.717) is 35.0 Å². The highest BCUT2D eigenvalue weighted by Gasteiger charge is 2.34. The molecule has 1 N–H and O–H groups in total. The number of halogens is 2. The second kappa shape index (κ2) is 9.20. The summed E-state index contributed by atoms with van der Waals surface area (Å²) in [7, 11) is -2.44. The van der Waals surface area contributed by atoms with Crippen LogP contribution in [0.4, 0.5) is 4.39 Å². The molecule has 0 amide bonds. The smallest absolute Gasteiger partial charge is 0.325 e. The van der Waals surface area contributed by atoms with Gasteiger partial charge in [-0.25, -0.2) is 17.8 Å². The fraction of sp³-hybridized carbons (Fsp3) is 0.286. The minimum absolute atomic E-state index is 0.0339. The number of benzene rings is 1. The number of carboxylic acids is 1.